The maximum atomic E-state index is 12.6. The Morgan fingerprint density at radius 1 is 1.16 bits per heavy atom. The monoisotopic (exact) mass is 342 g/mol. The summed E-state index contributed by atoms with van der Waals surface area (Å²) in [6.07, 6.45) is 6.41. The van der Waals surface area contributed by atoms with E-state index in [9.17, 15) is 9.59 Å². The average Bonchev–Trinajstić information content (AvgIpc) is 2.65. The Hall–Kier alpha value is -2.80. The van der Waals surface area contributed by atoms with E-state index in [0.29, 0.717) is 17.9 Å². The van der Waals surface area contributed by atoms with Gasteiger partial charge in [0.2, 0.25) is 11.9 Å². The van der Waals surface area contributed by atoms with E-state index < -0.39 is 5.91 Å². The molecule has 25 heavy (non-hydrogen) atoms. The topological polar surface area (TPSA) is 104 Å². The number of nitrogens with zero attached hydrogens (tertiary/aromatic N) is 2. The van der Waals surface area contributed by atoms with Crippen molar-refractivity contribution in [1.29, 1.82) is 0 Å². The van der Waals surface area contributed by atoms with E-state index in [2.05, 4.69) is 22.2 Å². The lowest BCUT2D eigenvalue weighted by atomic mass is 9.93. The summed E-state index contributed by atoms with van der Waals surface area (Å²) in [5.74, 6) is -0.588. The number of hydroxylamine groups is 1. The second-order valence-electron chi connectivity index (χ2n) is 5.74. The molecule has 0 bridgehead atoms. The minimum absolute atomic E-state index is 0.114. The summed E-state index contributed by atoms with van der Waals surface area (Å²) in [5, 5.41) is 11.4. The lowest BCUT2D eigenvalue weighted by molar-refractivity contribution is -0.120. The van der Waals surface area contributed by atoms with Crippen molar-refractivity contribution in [3.05, 3.63) is 53.9 Å². The van der Waals surface area contributed by atoms with Gasteiger partial charge in [0.1, 0.15) is 0 Å². The predicted molar refractivity (Wildman–Crippen MR) is 93.1 cm³/mol. The average molecular weight is 342 g/mol. The molecule has 1 heterocycles. The molecule has 2 rings (SSSR count). The number of anilines is 1. The number of hydrogen-bond donors (Lipinski definition) is 3. The molecule has 1 aromatic heterocycles. The predicted octanol–water partition coefficient (Wildman–Crippen LogP) is 2.58. The number of rotatable bonds is 8. The second kappa shape index (κ2) is 9.48. The molecular weight excluding hydrogens is 320 g/mol. The molecule has 0 fully saturated rings. The highest BCUT2D eigenvalue weighted by Gasteiger charge is 2.19. The van der Waals surface area contributed by atoms with E-state index in [1.807, 2.05) is 0 Å². The molecule has 0 aliphatic carbocycles. The lowest BCUT2D eigenvalue weighted by Crippen LogP contribution is -2.25. The van der Waals surface area contributed by atoms with Crippen LogP contribution in [0, 0.1) is 5.92 Å². The normalized spacial score (nSPS) is 11.6. The van der Waals surface area contributed by atoms with Gasteiger partial charge in [-0.25, -0.2) is 15.4 Å². The van der Waals surface area contributed by atoms with Gasteiger partial charge >= 0.3 is 0 Å². The number of benzene rings is 1. The van der Waals surface area contributed by atoms with Gasteiger partial charge in [0.05, 0.1) is 0 Å². The van der Waals surface area contributed by atoms with E-state index in [-0.39, 0.29) is 11.8 Å². The summed E-state index contributed by atoms with van der Waals surface area (Å²) < 4.78 is 0. The van der Waals surface area contributed by atoms with Crippen molar-refractivity contribution in [3.63, 3.8) is 0 Å². The van der Waals surface area contributed by atoms with E-state index in [4.69, 9.17) is 5.21 Å². The Morgan fingerprint density at radius 3 is 2.44 bits per heavy atom. The molecule has 7 nitrogen and oxygen atoms in total. The van der Waals surface area contributed by atoms with Crippen LogP contribution in [0.3, 0.4) is 0 Å². The standard InChI is InChI=1S/C18H22N4O3/c1-2-3-5-15(16(23)21-18-19-10-4-11-20-18)12-13-6-8-14(9-7-13)17(24)22-25/h4,6-11,15,25H,2-3,5,12H2,1H3,(H,22,24)(H,19,20,21,23). The second-order valence-corrected chi connectivity index (χ2v) is 5.74. The zero-order valence-electron chi connectivity index (χ0n) is 14.1. The summed E-state index contributed by atoms with van der Waals surface area (Å²) in [6.45, 7) is 2.08. The molecular formula is C18H22N4O3. The molecule has 0 aliphatic heterocycles. The van der Waals surface area contributed by atoms with Gasteiger partial charge in [-0.05, 0) is 36.6 Å². The van der Waals surface area contributed by atoms with Crippen molar-refractivity contribution in [1.82, 2.24) is 15.4 Å². The van der Waals surface area contributed by atoms with Crippen LogP contribution >= 0.6 is 0 Å². The minimum Gasteiger partial charge on any atom is -0.294 e. The fourth-order valence-corrected chi connectivity index (χ4v) is 2.49. The number of nitrogens with one attached hydrogen (secondary N) is 2. The van der Waals surface area contributed by atoms with Crippen LogP contribution in [0.25, 0.3) is 0 Å². The molecule has 132 valence electrons. The molecule has 0 saturated carbocycles. The number of aromatic nitrogens is 2. The zero-order chi connectivity index (χ0) is 18.1. The Kier molecular flexibility index (Phi) is 7.03. The molecule has 1 atom stereocenters. The number of carbonyl (C=O) groups excluding carboxylic acids is 2. The highest BCUT2D eigenvalue weighted by atomic mass is 16.5. The van der Waals surface area contributed by atoms with Crippen LogP contribution in [0.15, 0.2) is 42.7 Å². The first-order valence-corrected chi connectivity index (χ1v) is 8.25. The van der Waals surface area contributed by atoms with Crippen LogP contribution in [0.5, 0.6) is 0 Å². The van der Waals surface area contributed by atoms with Crippen LogP contribution in [-0.4, -0.2) is 27.0 Å². The minimum atomic E-state index is -0.562. The van der Waals surface area contributed by atoms with Gasteiger partial charge in [0.15, 0.2) is 0 Å². The van der Waals surface area contributed by atoms with Crippen molar-refractivity contribution >= 4 is 17.8 Å². The summed E-state index contributed by atoms with van der Waals surface area (Å²) in [5.41, 5.74) is 2.90. The highest BCUT2D eigenvalue weighted by molar-refractivity contribution is 5.93. The molecule has 1 unspecified atom stereocenters. The SMILES string of the molecule is CCCCC(Cc1ccc(C(=O)NO)cc1)C(=O)Nc1ncccn1. The molecule has 0 radical (unpaired) electrons. The number of unbranched alkanes of at least 4 members (excludes halogenated alkanes) is 1. The van der Waals surface area contributed by atoms with E-state index in [1.165, 1.54) is 0 Å². The van der Waals surface area contributed by atoms with E-state index >= 15 is 0 Å². The largest absolute Gasteiger partial charge is 0.294 e. The van der Waals surface area contributed by atoms with Gasteiger partial charge in [0.25, 0.3) is 5.91 Å². The highest BCUT2D eigenvalue weighted by Crippen LogP contribution is 2.18. The Bertz CT molecular complexity index is 689. The summed E-state index contributed by atoms with van der Waals surface area (Å²) in [4.78, 5) is 32.0. The van der Waals surface area contributed by atoms with Crippen molar-refractivity contribution in [3.8, 4) is 0 Å². The Balaban J connectivity index is 2.06. The maximum absolute atomic E-state index is 12.6. The first kappa shape index (κ1) is 18.5. The van der Waals surface area contributed by atoms with Crippen molar-refractivity contribution in [2.75, 3.05) is 5.32 Å². The smallest absolute Gasteiger partial charge is 0.274 e. The first-order valence-electron chi connectivity index (χ1n) is 8.25. The van der Waals surface area contributed by atoms with Crippen molar-refractivity contribution in [2.45, 2.75) is 32.6 Å². The Labute approximate surface area is 146 Å². The zero-order valence-corrected chi connectivity index (χ0v) is 14.1. The van der Waals surface area contributed by atoms with Crippen LogP contribution in [0.4, 0.5) is 5.95 Å². The summed E-state index contributed by atoms with van der Waals surface area (Å²) >= 11 is 0. The fourth-order valence-electron chi connectivity index (χ4n) is 2.49. The van der Waals surface area contributed by atoms with Gasteiger partial charge in [-0.15, -0.1) is 0 Å². The van der Waals surface area contributed by atoms with Gasteiger partial charge in [-0.2, -0.15) is 0 Å². The van der Waals surface area contributed by atoms with Gasteiger partial charge in [-0.1, -0.05) is 31.9 Å². The molecule has 7 heteroatoms. The van der Waals surface area contributed by atoms with Crippen molar-refractivity contribution in [2.24, 2.45) is 5.92 Å². The summed E-state index contributed by atoms with van der Waals surface area (Å²) in [7, 11) is 0. The van der Waals surface area contributed by atoms with Crippen LogP contribution in [0.2, 0.25) is 0 Å². The van der Waals surface area contributed by atoms with Gasteiger partial charge < -0.3 is 0 Å². The molecule has 1 aromatic carbocycles. The van der Waals surface area contributed by atoms with Crippen LogP contribution < -0.4 is 10.8 Å². The molecule has 0 spiro atoms. The molecule has 2 aromatic rings. The summed E-state index contributed by atoms with van der Waals surface area (Å²) in [6, 6.07) is 8.51. The quantitative estimate of drug-likeness (QED) is 0.505. The third-order valence-electron chi connectivity index (χ3n) is 3.88. The number of hydrogen-bond acceptors (Lipinski definition) is 5. The maximum Gasteiger partial charge on any atom is 0.274 e. The lowest BCUT2D eigenvalue weighted by Gasteiger charge is -2.16. The first-order chi connectivity index (χ1) is 12.1. The molecule has 0 aliphatic rings. The van der Waals surface area contributed by atoms with Gasteiger partial charge in [-0.3, -0.25) is 20.1 Å². The van der Waals surface area contributed by atoms with E-state index in [1.54, 1.807) is 48.2 Å². The third-order valence-corrected chi connectivity index (χ3v) is 3.88. The molecule has 0 saturated heterocycles. The Morgan fingerprint density at radius 2 is 1.84 bits per heavy atom. The molecule has 2 amide bonds. The molecule has 3 N–H and O–H groups in total. The van der Waals surface area contributed by atoms with Crippen LogP contribution in [0.1, 0.15) is 42.1 Å². The fraction of sp³-hybridized carbons (Fsp3) is 0.333. The van der Waals surface area contributed by atoms with Crippen molar-refractivity contribution < 1.29 is 14.8 Å². The number of carbonyl (C=O) groups is 2. The van der Waals surface area contributed by atoms with Crippen LogP contribution in [-0.2, 0) is 11.2 Å². The van der Waals surface area contributed by atoms with E-state index in [0.717, 1.165) is 24.8 Å². The van der Waals surface area contributed by atoms with Gasteiger partial charge in [0, 0.05) is 23.9 Å². The number of amides is 2. The third kappa shape index (κ3) is 5.65.